The van der Waals surface area contributed by atoms with E-state index in [2.05, 4.69) is 5.32 Å². The second-order valence-electron chi connectivity index (χ2n) is 7.58. The fourth-order valence-corrected chi connectivity index (χ4v) is 5.72. The first-order chi connectivity index (χ1) is 15.5. The molecule has 3 amide bonds. The third-order valence-corrected chi connectivity index (χ3v) is 7.13. The normalized spacial score (nSPS) is 19.5. The van der Waals surface area contributed by atoms with E-state index in [0.717, 1.165) is 6.07 Å². The third kappa shape index (κ3) is 3.22. The van der Waals surface area contributed by atoms with Crippen molar-refractivity contribution in [1.29, 1.82) is 0 Å². The van der Waals surface area contributed by atoms with E-state index in [9.17, 15) is 18.4 Å². The van der Waals surface area contributed by atoms with Gasteiger partial charge in [-0.05, 0) is 24.3 Å². The van der Waals surface area contributed by atoms with Crippen LogP contribution < -0.4 is 10.2 Å². The highest BCUT2D eigenvalue weighted by molar-refractivity contribution is 8.01. The summed E-state index contributed by atoms with van der Waals surface area (Å²) >= 11 is 1.39. The lowest BCUT2D eigenvalue weighted by Gasteiger charge is -2.33. The number of hydrogen-bond acceptors (Lipinski definition) is 3. The molecule has 3 aromatic rings. The number of fused-ring (bicyclic) bond motifs is 2. The van der Waals surface area contributed by atoms with E-state index >= 15 is 0 Å². The quantitative estimate of drug-likeness (QED) is 0.613. The van der Waals surface area contributed by atoms with Crippen molar-refractivity contribution in [3.05, 3.63) is 95.6 Å². The number of nitrogens with zero attached hydrogens (tertiary/aromatic N) is 2. The zero-order chi connectivity index (χ0) is 22.3. The number of para-hydroxylation sites is 2. The monoisotopic (exact) mass is 451 g/mol. The first kappa shape index (κ1) is 20.5. The fraction of sp³-hybridized carbons (Fsp3) is 0.167. The minimum atomic E-state index is -1.23. The zero-order valence-electron chi connectivity index (χ0n) is 16.9. The molecule has 1 fully saturated rings. The van der Waals surface area contributed by atoms with Crippen molar-refractivity contribution in [3.63, 3.8) is 0 Å². The number of hydrogen-bond donors (Lipinski definition) is 1. The molecule has 2 heterocycles. The Bertz CT molecular complexity index is 1210. The molecule has 162 valence electrons. The molecule has 1 saturated heterocycles. The highest BCUT2D eigenvalue weighted by atomic mass is 32.2. The van der Waals surface area contributed by atoms with Gasteiger partial charge in [-0.1, -0.05) is 42.5 Å². The van der Waals surface area contributed by atoms with Crippen molar-refractivity contribution >= 4 is 35.1 Å². The van der Waals surface area contributed by atoms with Crippen molar-refractivity contribution in [1.82, 2.24) is 4.90 Å². The van der Waals surface area contributed by atoms with Gasteiger partial charge in [0.1, 0.15) is 11.6 Å². The smallest absolute Gasteiger partial charge is 0.308 e. The molecule has 0 saturated carbocycles. The van der Waals surface area contributed by atoms with E-state index in [-0.39, 0.29) is 24.0 Å². The van der Waals surface area contributed by atoms with Gasteiger partial charge < -0.3 is 10.2 Å². The van der Waals surface area contributed by atoms with Gasteiger partial charge in [0.05, 0.1) is 12.2 Å². The third-order valence-electron chi connectivity index (χ3n) is 5.71. The van der Waals surface area contributed by atoms with E-state index < -0.39 is 16.5 Å². The Morgan fingerprint density at radius 2 is 1.78 bits per heavy atom. The predicted octanol–water partition coefficient (Wildman–Crippen LogP) is 4.95. The number of halogens is 2. The second-order valence-corrected chi connectivity index (χ2v) is 8.87. The molecule has 0 aliphatic carbocycles. The number of carbonyl (C=O) groups excluding carboxylic acids is 2. The van der Waals surface area contributed by atoms with Crippen LogP contribution in [0.15, 0.2) is 72.8 Å². The van der Waals surface area contributed by atoms with Crippen LogP contribution in [-0.2, 0) is 16.2 Å². The standard InChI is InChI=1S/C24H19F2N3O2S/c25-17-11-10-16(20(26)14-17)15-28-21-9-5-4-8-19(21)24(22(28)30)29(12-13-32-24)23(31)27-18-6-2-1-3-7-18/h1-11,14H,12-13,15H2,(H,27,31). The lowest BCUT2D eigenvalue weighted by atomic mass is 10.1. The lowest BCUT2D eigenvalue weighted by molar-refractivity contribution is -0.123. The number of rotatable bonds is 3. The molecule has 5 rings (SSSR count). The Morgan fingerprint density at radius 3 is 2.56 bits per heavy atom. The van der Waals surface area contributed by atoms with Crippen LogP contribution in [0.1, 0.15) is 11.1 Å². The Balaban J connectivity index is 1.52. The van der Waals surface area contributed by atoms with E-state index in [1.807, 2.05) is 30.3 Å². The van der Waals surface area contributed by atoms with Crippen molar-refractivity contribution in [2.45, 2.75) is 11.4 Å². The number of benzene rings is 3. The van der Waals surface area contributed by atoms with Crippen LogP contribution in [0.4, 0.5) is 25.0 Å². The molecule has 1 unspecified atom stereocenters. The summed E-state index contributed by atoms with van der Waals surface area (Å²) in [5.74, 6) is -1.12. The van der Waals surface area contributed by atoms with Crippen molar-refractivity contribution < 1.29 is 18.4 Å². The van der Waals surface area contributed by atoms with Gasteiger partial charge >= 0.3 is 6.03 Å². The van der Waals surface area contributed by atoms with Crippen LogP contribution in [0.2, 0.25) is 0 Å². The first-order valence-corrected chi connectivity index (χ1v) is 11.1. The second kappa shape index (κ2) is 7.94. The molecule has 1 atom stereocenters. The summed E-state index contributed by atoms with van der Waals surface area (Å²) in [5, 5.41) is 2.87. The SMILES string of the molecule is O=C(Nc1ccccc1)N1CCSC12C(=O)N(Cc1ccc(F)cc1F)c1ccccc12. The van der Waals surface area contributed by atoms with Crippen LogP contribution in [0.3, 0.4) is 0 Å². The maximum atomic E-state index is 14.4. The molecule has 0 aromatic heterocycles. The molecule has 8 heteroatoms. The minimum Gasteiger partial charge on any atom is -0.308 e. The van der Waals surface area contributed by atoms with Gasteiger partial charge in [-0.2, -0.15) is 0 Å². The van der Waals surface area contributed by atoms with Gasteiger partial charge in [0, 0.05) is 35.2 Å². The summed E-state index contributed by atoms with van der Waals surface area (Å²) in [5.41, 5.74) is 2.15. The number of amides is 3. The van der Waals surface area contributed by atoms with Crippen LogP contribution in [-0.4, -0.2) is 29.1 Å². The molecule has 1 spiro atoms. The van der Waals surface area contributed by atoms with Crippen LogP contribution in [0.25, 0.3) is 0 Å². The largest absolute Gasteiger partial charge is 0.323 e. The summed E-state index contributed by atoms with van der Waals surface area (Å²) in [7, 11) is 0. The van der Waals surface area contributed by atoms with E-state index in [1.165, 1.54) is 28.8 Å². The number of carbonyl (C=O) groups is 2. The van der Waals surface area contributed by atoms with Crippen LogP contribution in [0, 0.1) is 11.6 Å². The van der Waals surface area contributed by atoms with E-state index in [0.29, 0.717) is 29.2 Å². The maximum Gasteiger partial charge on any atom is 0.323 e. The molecule has 3 aromatic carbocycles. The Labute approximate surface area is 188 Å². The molecule has 5 nitrogen and oxygen atoms in total. The fourth-order valence-electron chi connectivity index (χ4n) is 4.26. The summed E-state index contributed by atoms with van der Waals surface area (Å²) in [4.78, 5) is 28.8. The van der Waals surface area contributed by atoms with Gasteiger partial charge in [0.2, 0.25) is 0 Å². The van der Waals surface area contributed by atoms with Crippen molar-refractivity contribution in [2.24, 2.45) is 0 Å². The molecule has 0 radical (unpaired) electrons. The van der Waals surface area contributed by atoms with Gasteiger partial charge in [0.15, 0.2) is 4.87 Å². The van der Waals surface area contributed by atoms with Crippen molar-refractivity contribution in [3.8, 4) is 0 Å². The number of thioether (sulfide) groups is 1. The van der Waals surface area contributed by atoms with Gasteiger partial charge in [-0.25, -0.2) is 13.6 Å². The number of anilines is 2. The lowest BCUT2D eigenvalue weighted by Crippen LogP contribution is -2.51. The molecular weight excluding hydrogens is 432 g/mol. The van der Waals surface area contributed by atoms with E-state index in [1.54, 1.807) is 29.2 Å². The first-order valence-electron chi connectivity index (χ1n) is 10.1. The average Bonchev–Trinajstić information content (AvgIpc) is 3.33. The molecule has 2 aliphatic rings. The number of nitrogens with one attached hydrogen (secondary N) is 1. The van der Waals surface area contributed by atoms with Gasteiger partial charge in [0.25, 0.3) is 5.91 Å². The average molecular weight is 451 g/mol. The highest BCUT2D eigenvalue weighted by Gasteiger charge is 2.59. The van der Waals surface area contributed by atoms with Crippen LogP contribution in [0.5, 0.6) is 0 Å². The summed E-state index contributed by atoms with van der Waals surface area (Å²) in [6.07, 6.45) is 0. The Kier molecular flexibility index (Phi) is 5.09. The summed E-state index contributed by atoms with van der Waals surface area (Å²) < 4.78 is 27.7. The minimum absolute atomic E-state index is 0.0571. The zero-order valence-corrected chi connectivity index (χ0v) is 17.7. The van der Waals surface area contributed by atoms with Crippen LogP contribution >= 0.6 is 11.8 Å². The molecule has 2 aliphatic heterocycles. The van der Waals surface area contributed by atoms with Crippen molar-refractivity contribution in [2.75, 3.05) is 22.5 Å². The predicted molar refractivity (Wildman–Crippen MR) is 120 cm³/mol. The molecule has 0 bridgehead atoms. The highest BCUT2D eigenvalue weighted by Crippen LogP contribution is 2.54. The number of urea groups is 1. The van der Waals surface area contributed by atoms with Gasteiger partial charge in [-0.3, -0.25) is 9.69 Å². The summed E-state index contributed by atoms with van der Waals surface area (Å²) in [6.45, 7) is 0.334. The Hall–Kier alpha value is -3.39. The summed E-state index contributed by atoms with van der Waals surface area (Å²) in [6, 6.07) is 19.2. The Morgan fingerprint density at radius 1 is 1.03 bits per heavy atom. The molecule has 32 heavy (non-hydrogen) atoms. The van der Waals surface area contributed by atoms with E-state index in [4.69, 9.17) is 0 Å². The molecule has 1 N–H and O–H groups in total. The topological polar surface area (TPSA) is 52.7 Å². The maximum absolute atomic E-state index is 14.4. The molecular formula is C24H19F2N3O2S. The van der Waals surface area contributed by atoms with Gasteiger partial charge in [-0.15, -0.1) is 11.8 Å².